The molecule has 0 radical (unpaired) electrons. The van der Waals surface area contributed by atoms with Gasteiger partial charge in [-0.05, 0) is 62.2 Å². The molecule has 0 aliphatic rings. The molecule has 0 spiro atoms. The van der Waals surface area contributed by atoms with Gasteiger partial charge in [-0.1, -0.05) is 15.9 Å². The average Bonchev–Trinajstić information content (AvgIpc) is 2.49. The van der Waals surface area contributed by atoms with E-state index in [0.29, 0.717) is 14.7 Å². The van der Waals surface area contributed by atoms with E-state index in [2.05, 4.69) is 58.3 Å². The zero-order chi connectivity index (χ0) is 17.7. The molecular weight excluding hydrogens is 512 g/mol. The Hall–Kier alpha value is -1.58. The molecule has 0 fully saturated rings. The number of carbonyl (C=O) groups is 1. The van der Waals surface area contributed by atoms with Gasteiger partial charge in [-0.25, -0.2) is 5.43 Å². The van der Waals surface area contributed by atoms with Gasteiger partial charge in [-0.2, -0.15) is 5.10 Å². The lowest BCUT2D eigenvalue weighted by Crippen LogP contribution is -2.24. The van der Waals surface area contributed by atoms with Gasteiger partial charge in [-0.15, -0.1) is 0 Å². The third-order valence-corrected chi connectivity index (χ3v) is 4.35. The standard InChI is InChI=1S/C15H11Br3N2O4/c16-9-4-11(17)15(12(18)5-9)24-7-14(23)20-19-6-8-3-10(21)1-2-13(8)22/h1-6,21-22H,7H2,(H,20,23). The number of aromatic hydroxyl groups is 2. The average molecular weight is 523 g/mol. The number of ether oxygens (including phenoxy) is 1. The van der Waals surface area contributed by atoms with E-state index in [1.54, 1.807) is 12.1 Å². The Morgan fingerprint density at radius 3 is 2.50 bits per heavy atom. The highest BCUT2D eigenvalue weighted by Crippen LogP contribution is 2.36. The molecule has 126 valence electrons. The number of benzene rings is 2. The SMILES string of the molecule is O=C(COc1c(Br)cc(Br)cc1Br)NN=Cc1cc(O)ccc1O. The fourth-order valence-corrected chi connectivity index (χ4v) is 4.14. The molecule has 0 aromatic heterocycles. The molecule has 0 heterocycles. The predicted octanol–water partition coefficient (Wildman–Crippen LogP) is 3.91. The maximum absolute atomic E-state index is 11.7. The fraction of sp³-hybridized carbons (Fsp3) is 0.0667. The Balaban J connectivity index is 1.92. The lowest BCUT2D eigenvalue weighted by Gasteiger charge is -2.09. The number of carbonyl (C=O) groups excluding carboxylic acids is 1. The molecule has 24 heavy (non-hydrogen) atoms. The summed E-state index contributed by atoms with van der Waals surface area (Å²) in [6.07, 6.45) is 1.22. The maximum atomic E-state index is 11.7. The Bertz CT molecular complexity index is 773. The van der Waals surface area contributed by atoms with Crippen molar-refractivity contribution in [2.75, 3.05) is 6.61 Å². The minimum atomic E-state index is -0.479. The smallest absolute Gasteiger partial charge is 0.277 e. The Kier molecular flexibility index (Phi) is 6.64. The van der Waals surface area contributed by atoms with Crippen molar-refractivity contribution < 1.29 is 19.7 Å². The van der Waals surface area contributed by atoms with Crippen LogP contribution in [0.5, 0.6) is 17.2 Å². The van der Waals surface area contributed by atoms with Gasteiger partial charge in [0.15, 0.2) is 6.61 Å². The number of phenols is 2. The summed E-state index contributed by atoms with van der Waals surface area (Å²) < 4.78 is 7.67. The van der Waals surface area contributed by atoms with Crippen molar-refractivity contribution >= 4 is 59.9 Å². The lowest BCUT2D eigenvalue weighted by atomic mass is 10.2. The summed E-state index contributed by atoms with van der Waals surface area (Å²) in [6.45, 7) is -0.248. The number of rotatable bonds is 5. The number of nitrogens with one attached hydrogen (secondary N) is 1. The predicted molar refractivity (Wildman–Crippen MR) is 101 cm³/mol. The first kappa shape index (κ1) is 18.8. The van der Waals surface area contributed by atoms with Crippen molar-refractivity contribution in [2.45, 2.75) is 0 Å². The van der Waals surface area contributed by atoms with Crippen LogP contribution in [0.1, 0.15) is 5.56 Å². The molecule has 2 aromatic rings. The van der Waals surface area contributed by atoms with E-state index < -0.39 is 5.91 Å². The minimum Gasteiger partial charge on any atom is -0.508 e. The first-order valence-electron chi connectivity index (χ1n) is 6.48. The molecule has 2 aromatic carbocycles. The van der Waals surface area contributed by atoms with Crippen molar-refractivity contribution in [1.29, 1.82) is 0 Å². The zero-order valence-corrected chi connectivity index (χ0v) is 16.7. The third-order valence-electron chi connectivity index (χ3n) is 2.71. The van der Waals surface area contributed by atoms with Crippen molar-refractivity contribution in [2.24, 2.45) is 5.10 Å². The second-order valence-corrected chi connectivity index (χ2v) is 7.15. The number of amides is 1. The number of hydrogen-bond donors (Lipinski definition) is 3. The molecule has 0 aliphatic carbocycles. The van der Waals surface area contributed by atoms with Gasteiger partial charge in [0.2, 0.25) is 0 Å². The minimum absolute atomic E-state index is 0.0196. The Labute approximate surface area is 162 Å². The Morgan fingerprint density at radius 1 is 1.17 bits per heavy atom. The van der Waals surface area contributed by atoms with Crippen molar-refractivity contribution in [3.05, 3.63) is 49.3 Å². The van der Waals surface area contributed by atoms with E-state index in [9.17, 15) is 15.0 Å². The summed E-state index contributed by atoms with van der Waals surface area (Å²) >= 11 is 10.0. The topological polar surface area (TPSA) is 91.2 Å². The van der Waals surface area contributed by atoms with Gasteiger partial charge >= 0.3 is 0 Å². The van der Waals surface area contributed by atoms with Gasteiger partial charge in [0, 0.05) is 10.0 Å². The molecule has 0 aliphatic heterocycles. The fourth-order valence-electron chi connectivity index (χ4n) is 1.66. The molecule has 0 unspecified atom stereocenters. The molecule has 2 rings (SSSR count). The molecule has 0 bridgehead atoms. The number of phenolic OH excluding ortho intramolecular Hbond substituents is 2. The second kappa shape index (κ2) is 8.50. The molecule has 1 amide bonds. The van der Waals surface area contributed by atoms with Crippen molar-refractivity contribution in [3.63, 3.8) is 0 Å². The van der Waals surface area contributed by atoms with E-state index in [1.807, 2.05) is 0 Å². The van der Waals surface area contributed by atoms with Gasteiger partial charge in [0.05, 0.1) is 15.2 Å². The van der Waals surface area contributed by atoms with E-state index in [1.165, 1.54) is 24.4 Å². The van der Waals surface area contributed by atoms with Crippen LogP contribution in [0.3, 0.4) is 0 Å². The molecule has 0 saturated heterocycles. The molecule has 9 heteroatoms. The van der Waals surface area contributed by atoms with Crippen LogP contribution < -0.4 is 10.2 Å². The Morgan fingerprint density at radius 2 is 1.83 bits per heavy atom. The first-order chi connectivity index (χ1) is 11.4. The quantitative estimate of drug-likeness (QED) is 0.315. The second-order valence-electron chi connectivity index (χ2n) is 4.52. The van der Waals surface area contributed by atoms with E-state index in [0.717, 1.165) is 4.47 Å². The van der Waals surface area contributed by atoms with Crippen LogP contribution in [-0.4, -0.2) is 28.9 Å². The van der Waals surface area contributed by atoms with Crippen LogP contribution >= 0.6 is 47.8 Å². The number of hydrogen-bond acceptors (Lipinski definition) is 5. The largest absolute Gasteiger partial charge is 0.508 e. The number of nitrogens with zero attached hydrogens (tertiary/aromatic N) is 1. The molecule has 6 nitrogen and oxygen atoms in total. The van der Waals surface area contributed by atoms with Crippen LogP contribution in [0, 0.1) is 0 Å². The summed E-state index contributed by atoms with van der Waals surface area (Å²) in [5.74, 6) is -0.0748. The van der Waals surface area contributed by atoms with E-state index in [4.69, 9.17) is 4.74 Å². The number of halogens is 3. The van der Waals surface area contributed by atoms with Gasteiger partial charge in [0.25, 0.3) is 5.91 Å². The first-order valence-corrected chi connectivity index (χ1v) is 8.86. The molecule has 3 N–H and O–H groups in total. The monoisotopic (exact) mass is 520 g/mol. The number of hydrazone groups is 1. The van der Waals surface area contributed by atoms with E-state index >= 15 is 0 Å². The molecule has 0 saturated carbocycles. The zero-order valence-electron chi connectivity index (χ0n) is 12.0. The van der Waals surface area contributed by atoms with Crippen molar-refractivity contribution in [1.82, 2.24) is 5.43 Å². The van der Waals surface area contributed by atoms with Crippen LogP contribution in [0.15, 0.2) is 48.9 Å². The summed E-state index contributed by atoms with van der Waals surface area (Å²) in [4.78, 5) is 11.7. The normalized spacial score (nSPS) is 10.8. The summed E-state index contributed by atoms with van der Waals surface area (Å²) in [6, 6.07) is 7.57. The third kappa shape index (κ3) is 5.22. The van der Waals surface area contributed by atoms with Crippen LogP contribution in [0.4, 0.5) is 0 Å². The highest BCUT2D eigenvalue weighted by molar-refractivity contribution is 9.11. The van der Waals surface area contributed by atoms with Crippen LogP contribution in [0.2, 0.25) is 0 Å². The highest BCUT2D eigenvalue weighted by atomic mass is 79.9. The van der Waals surface area contributed by atoms with Crippen molar-refractivity contribution in [3.8, 4) is 17.2 Å². The molecular formula is C15H11Br3N2O4. The van der Waals surface area contributed by atoms with Gasteiger partial charge < -0.3 is 14.9 Å². The van der Waals surface area contributed by atoms with Crippen LogP contribution in [-0.2, 0) is 4.79 Å². The summed E-state index contributed by atoms with van der Waals surface area (Å²) in [7, 11) is 0. The maximum Gasteiger partial charge on any atom is 0.277 e. The summed E-state index contributed by atoms with van der Waals surface area (Å²) in [5, 5.41) is 22.6. The molecule has 0 atom stereocenters. The van der Waals surface area contributed by atoms with Gasteiger partial charge in [-0.3, -0.25) is 4.79 Å². The summed E-state index contributed by atoms with van der Waals surface area (Å²) in [5.41, 5.74) is 2.54. The van der Waals surface area contributed by atoms with Gasteiger partial charge in [0.1, 0.15) is 17.2 Å². The van der Waals surface area contributed by atoms with Crippen LogP contribution in [0.25, 0.3) is 0 Å². The van der Waals surface area contributed by atoms with E-state index in [-0.39, 0.29) is 23.7 Å². The highest BCUT2D eigenvalue weighted by Gasteiger charge is 2.10. The lowest BCUT2D eigenvalue weighted by molar-refractivity contribution is -0.123.